The molecule has 0 spiro atoms. The molecule has 10 heavy (non-hydrogen) atoms. The van der Waals surface area contributed by atoms with Crippen molar-refractivity contribution in [1.82, 2.24) is 10.2 Å². The van der Waals surface area contributed by atoms with Gasteiger partial charge in [-0.05, 0) is 0 Å². The van der Waals surface area contributed by atoms with Crippen molar-refractivity contribution in [2.45, 2.75) is 6.18 Å². The number of hydrogen-bond donors (Lipinski definition) is 1. The lowest BCUT2D eigenvalue weighted by atomic mass is 10.4. The molecular weight excluding hydrogens is 145 g/mol. The van der Waals surface area contributed by atoms with Crippen LogP contribution in [0.2, 0.25) is 0 Å². The van der Waals surface area contributed by atoms with Gasteiger partial charge in [-0.1, -0.05) is 0 Å². The molecule has 0 amide bonds. The van der Waals surface area contributed by atoms with Crippen LogP contribution in [0.3, 0.4) is 0 Å². The van der Waals surface area contributed by atoms with Gasteiger partial charge in [0, 0.05) is 7.05 Å². The maximum absolute atomic E-state index is 11.8. The summed E-state index contributed by atoms with van der Waals surface area (Å²) in [5, 5.41) is 2.35. The van der Waals surface area contributed by atoms with Gasteiger partial charge in [0.1, 0.15) is 5.70 Å². The first-order chi connectivity index (χ1) is 4.52. The van der Waals surface area contributed by atoms with Crippen molar-refractivity contribution in [3.05, 3.63) is 11.9 Å². The minimum atomic E-state index is -4.28. The molecule has 0 saturated heterocycles. The van der Waals surface area contributed by atoms with E-state index < -0.39 is 11.9 Å². The Morgan fingerprint density at radius 1 is 1.60 bits per heavy atom. The van der Waals surface area contributed by atoms with Crippen molar-refractivity contribution in [2.24, 2.45) is 0 Å². The van der Waals surface area contributed by atoms with Gasteiger partial charge < -0.3 is 10.2 Å². The Kier molecular flexibility index (Phi) is 1.50. The highest BCUT2D eigenvalue weighted by molar-refractivity contribution is 5.05. The number of alkyl halides is 3. The van der Waals surface area contributed by atoms with Crippen LogP contribution in [0.15, 0.2) is 5.70 Å². The molecule has 1 heterocycles. The summed E-state index contributed by atoms with van der Waals surface area (Å²) in [5.41, 5.74) is -0.743. The lowest BCUT2D eigenvalue weighted by Gasteiger charge is -2.16. The largest absolute Gasteiger partial charge is 0.433 e. The molecular formula is C5H6F3N2. The topological polar surface area (TPSA) is 15.3 Å². The van der Waals surface area contributed by atoms with Crippen molar-refractivity contribution >= 4 is 0 Å². The van der Waals surface area contributed by atoms with E-state index in [2.05, 4.69) is 5.32 Å². The van der Waals surface area contributed by atoms with Gasteiger partial charge in [-0.25, -0.2) is 0 Å². The molecule has 0 aliphatic carbocycles. The van der Waals surface area contributed by atoms with Crippen LogP contribution in [0.5, 0.6) is 0 Å². The number of rotatable bonds is 0. The minimum absolute atomic E-state index is 0.175. The Morgan fingerprint density at radius 3 is 2.40 bits per heavy atom. The fourth-order valence-corrected chi connectivity index (χ4v) is 0.704. The van der Waals surface area contributed by atoms with Gasteiger partial charge >= 0.3 is 6.18 Å². The fraction of sp³-hybridized carbons (Fsp3) is 0.600. The lowest BCUT2D eigenvalue weighted by molar-refractivity contribution is -0.107. The van der Waals surface area contributed by atoms with Crippen molar-refractivity contribution in [2.75, 3.05) is 13.7 Å². The molecule has 0 aromatic rings. The number of halogens is 3. The SMILES string of the molecule is CN1CN[C]=C1C(F)(F)F. The van der Waals surface area contributed by atoms with E-state index in [1.165, 1.54) is 7.05 Å². The highest BCUT2D eigenvalue weighted by Gasteiger charge is 2.38. The zero-order valence-corrected chi connectivity index (χ0v) is 5.29. The third-order valence-electron chi connectivity index (χ3n) is 1.17. The molecule has 1 aliphatic rings. The minimum Gasteiger partial charge on any atom is -0.364 e. The van der Waals surface area contributed by atoms with Gasteiger partial charge in [-0.2, -0.15) is 13.2 Å². The van der Waals surface area contributed by atoms with Crippen molar-refractivity contribution in [3.8, 4) is 0 Å². The Morgan fingerprint density at radius 2 is 2.20 bits per heavy atom. The summed E-state index contributed by atoms with van der Waals surface area (Å²) in [7, 11) is 1.36. The number of hydrogen-bond acceptors (Lipinski definition) is 2. The van der Waals surface area contributed by atoms with E-state index in [1.807, 2.05) is 6.20 Å². The summed E-state index contributed by atoms with van der Waals surface area (Å²) in [6, 6.07) is 0. The van der Waals surface area contributed by atoms with E-state index in [4.69, 9.17) is 0 Å². The molecule has 1 aliphatic heterocycles. The molecule has 57 valence electrons. The molecule has 0 atom stereocenters. The van der Waals surface area contributed by atoms with Gasteiger partial charge in [0.15, 0.2) is 0 Å². The highest BCUT2D eigenvalue weighted by Crippen LogP contribution is 2.27. The predicted octanol–water partition coefficient (Wildman–Crippen LogP) is 0.686. The Labute approximate surface area is 56.3 Å². The molecule has 1 rings (SSSR count). The van der Waals surface area contributed by atoms with Crippen LogP contribution in [0.1, 0.15) is 0 Å². The molecule has 1 radical (unpaired) electrons. The summed E-state index contributed by atoms with van der Waals surface area (Å²) in [4.78, 5) is 1.06. The molecule has 0 aromatic heterocycles. The molecule has 0 saturated carbocycles. The van der Waals surface area contributed by atoms with E-state index >= 15 is 0 Å². The second kappa shape index (κ2) is 2.07. The van der Waals surface area contributed by atoms with Crippen LogP contribution in [0, 0.1) is 6.20 Å². The monoisotopic (exact) mass is 151 g/mol. The first kappa shape index (κ1) is 7.24. The van der Waals surface area contributed by atoms with E-state index in [1.54, 1.807) is 0 Å². The predicted molar refractivity (Wildman–Crippen MR) is 28.6 cm³/mol. The molecule has 0 bridgehead atoms. The molecule has 5 heteroatoms. The van der Waals surface area contributed by atoms with E-state index in [9.17, 15) is 13.2 Å². The number of nitrogens with zero attached hydrogens (tertiary/aromatic N) is 1. The maximum atomic E-state index is 11.8. The maximum Gasteiger partial charge on any atom is 0.433 e. The Balaban J connectivity index is 2.72. The third kappa shape index (κ3) is 1.17. The van der Waals surface area contributed by atoms with Gasteiger partial charge in [0.2, 0.25) is 0 Å². The quantitative estimate of drug-likeness (QED) is 0.547. The Hall–Kier alpha value is -0.870. The molecule has 0 aromatic carbocycles. The van der Waals surface area contributed by atoms with Crippen LogP contribution < -0.4 is 5.32 Å². The van der Waals surface area contributed by atoms with Gasteiger partial charge in [0.05, 0.1) is 12.9 Å². The number of nitrogens with one attached hydrogen (secondary N) is 1. The zero-order chi connectivity index (χ0) is 7.78. The van der Waals surface area contributed by atoms with Crippen molar-refractivity contribution in [1.29, 1.82) is 0 Å². The fourth-order valence-electron chi connectivity index (χ4n) is 0.704. The standard InChI is InChI=1S/C5H6F3N2/c1-10-3-9-2-4(10)5(6,7)8/h9H,3H2,1H3. The normalized spacial score (nSPS) is 18.8. The van der Waals surface area contributed by atoms with Crippen LogP contribution in [0.25, 0.3) is 0 Å². The van der Waals surface area contributed by atoms with E-state index in [-0.39, 0.29) is 6.67 Å². The molecule has 2 nitrogen and oxygen atoms in total. The first-order valence-electron chi connectivity index (χ1n) is 2.66. The summed E-state index contributed by atoms with van der Waals surface area (Å²) in [6.45, 7) is 0.175. The average Bonchev–Trinajstić information content (AvgIpc) is 2.11. The van der Waals surface area contributed by atoms with Crippen molar-refractivity contribution < 1.29 is 13.2 Å². The highest BCUT2D eigenvalue weighted by atomic mass is 19.4. The van der Waals surface area contributed by atoms with Crippen LogP contribution >= 0.6 is 0 Å². The average molecular weight is 151 g/mol. The second-order valence-electron chi connectivity index (χ2n) is 2.00. The first-order valence-corrected chi connectivity index (χ1v) is 2.66. The third-order valence-corrected chi connectivity index (χ3v) is 1.17. The van der Waals surface area contributed by atoms with Crippen LogP contribution in [-0.2, 0) is 0 Å². The summed E-state index contributed by atoms with van der Waals surface area (Å²) < 4.78 is 35.5. The van der Waals surface area contributed by atoms with E-state index in [0.29, 0.717) is 0 Å². The lowest BCUT2D eigenvalue weighted by Crippen LogP contribution is -2.26. The van der Waals surface area contributed by atoms with Gasteiger partial charge in [-0.15, -0.1) is 0 Å². The molecule has 1 N–H and O–H groups in total. The molecule has 0 unspecified atom stereocenters. The van der Waals surface area contributed by atoms with Gasteiger partial charge in [0.25, 0.3) is 0 Å². The summed E-state index contributed by atoms with van der Waals surface area (Å²) >= 11 is 0. The van der Waals surface area contributed by atoms with Crippen molar-refractivity contribution in [3.63, 3.8) is 0 Å². The Bertz CT molecular complexity index is 161. The second-order valence-corrected chi connectivity index (χ2v) is 2.00. The zero-order valence-electron chi connectivity index (χ0n) is 5.29. The summed E-state index contributed by atoms with van der Waals surface area (Å²) in [6.07, 6.45) is -2.27. The van der Waals surface area contributed by atoms with Gasteiger partial charge in [-0.3, -0.25) is 0 Å². The summed E-state index contributed by atoms with van der Waals surface area (Å²) in [5.74, 6) is 0. The number of allylic oxidation sites excluding steroid dienone is 1. The van der Waals surface area contributed by atoms with Crippen LogP contribution in [0.4, 0.5) is 13.2 Å². The smallest absolute Gasteiger partial charge is 0.364 e. The molecule has 0 fully saturated rings. The van der Waals surface area contributed by atoms with Crippen LogP contribution in [-0.4, -0.2) is 24.8 Å². The van der Waals surface area contributed by atoms with E-state index in [0.717, 1.165) is 4.90 Å².